The topological polar surface area (TPSA) is 63.6 Å². The molecule has 0 fully saturated rings. The van der Waals surface area contributed by atoms with Crippen molar-refractivity contribution in [2.45, 2.75) is 6.42 Å². The van der Waals surface area contributed by atoms with Crippen molar-refractivity contribution in [2.24, 2.45) is 0 Å². The molecule has 17 heavy (non-hydrogen) atoms. The maximum Gasteiger partial charge on any atom is 1.00 e. The first-order valence-electron chi connectivity index (χ1n) is 4.41. The van der Waals surface area contributed by atoms with Crippen LogP contribution < -0.4 is 34.3 Å². The van der Waals surface area contributed by atoms with Gasteiger partial charge >= 0.3 is 29.6 Å². The van der Waals surface area contributed by atoms with Crippen LogP contribution in [-0.2, 0) is 10.1 Å². The van der Waals surface area contributed by atoms with E-state index in [0.29, 0.717) is 15.8 Å². The normalized spacial score (nSPS) is 10.8. The number of benzene rings is 1. The predicted molar refractivity (Wildman–Crippen MR) is 64.1 cm³/mol. The predicted octanol–water partition coefficient (Wildman–Crippen LogP) is -0.233. The summed E-state index contributed by atoms with van der Waals surface area (Å²) in [4.78, 5) is 0. The van der Waals surface area contributed by atoms with Crippen LogP contribution in [0.3, 0.4) is 0 Å². The molecule has 0 aliphatic rings. The van der Waals surface area contributed by atoms with E-state index in [9.17, 15) is 8.42 Å². The van der Waals surface area contributed by atoms with Crippen molar-refractivity contribution in [3.63, 3.8) is 0 Å². The van der Waals surface area contributed by atoms with E-state index in [4.69, 9.17) is 32.5 Å². The fourth-order valence-electron chi connectivity index (χ4n) is 1.01. The molecule has 0 bridgehead atoms. The van der Waals surface area contributed by atoms with Gasteiger partial charge in [-0.15, -0.1) is 0 Å². The van der Waals surface area contributed by atoms with Gasteiger partial charge in [0.05, 0.1) is 17.4 Å². The van der Waals surface area contributed by atoms with Crippen molar-refractivity contribution < 1.29 is 48.7 Å². The summed E-state index contributed by atoms with van der Waals surface area (Å²) in [6.45, 7) is 0.139. The van der Waals surface area contributed by atoms with Crippen LogP contribution in [0.25, 0.3) is 0 Å². The summed E-state index contributed by atoms with van der Waals surface area (Å²) in [6.07, 6.45) is 0.182. The number of hydrogen-bond donors (Lipinski definition) is 1. The van der Waals surface area contributed by atoms with Gasteiger partial charge in [-0.1, -0.05) is 23.2 Å². The molecule has 0 heterocycles. The maximum absolute atomic E-state index is 10.4. The second kappa shape index (κ2) is 7.84. The maximum atomic E-state index is 10.4. The van der Waals surface area contributed by atoms with E-state index in [0.717, 1.165) is 0 Å². The zero-order valence-electron chi connectivity index (χ0n) is 10.2. The van der Waals surface area contributed by atoms with Gasteiger partial charge in [0.25, 0.3) is 10.1 Å². The molecule has 0 amide bonds. The SMILES string of the molecule is O=S(=O)(O)CCCOc1cc(Cl)ccc1Cl.[H-].[Na+]. The fourth-order valence-corrected chi connectivity index (χ4v) is 1.83. The minimum Gasteiger partial charge on any atom is -1.00 e. The quantitative estimate of drug-likeness (QED) is 0.463. The Balaban J connectivity index is 0. The molecule has 1 aromatic rings. The Morgan fingerprint density at radius 3 is 2.59 bits per heavy atom. The summed E-state index contributed by atoms with van der Waals surface area (Å²) in [5, 5.41) is 0.880. The van der Waals surface area contributed by atoms with Crippen LogP contribution >= 0.6 is 23.2 Å². The van der Waals surface area contributed by atoms with E-state index in [1.807, 2.05) is 0 Å². The molecule has 0 aromatic heterocycles. The molecule has 0 saturated carbocycles. The Hall–Kier alpha value is 0.510. The Labute approximate surface area is 134 Å². The van der Waals surface area contributed by atoms with Crippen molar-refractivity contribution in [1.29, 1.82) is 0 Å². The van der Waals surface area contributed by atoms with Gasteiger partial charge in [-0.3, -0.25) is 4.55 Å². The van der Waals surface area contributed by atoms with E-state index < -0.39 is 10.1 Å². The van der Waals surface area contributed by atoms with Crippen LogP contribution in [-0.4, -0.2) is 25.3 Å². The molecular weight excluding hydrogens is 298 g/mol. The van der Waals surface area contributed by atoms with E-state index in [1.165, 1.54) is 6.07 Å². The summed E-state index contributed by atoms with van der Waals surface area (Å²) >= 11 is 11.5. The summed E-state index contributed by atoms with van der Waals surface area (Å²) in [7, 11) is -3.94. The molecule has 8 heteroatoms. The molecule has 0 aliphatic carbocycles. The van der Waals surface area contributed by atoms with E-state index >= 15 is 0 Å². The summed E-state index contributed by atoms with van der Waals surface area (Å²) in [5.74, 6) is 0.0510. The minimum atomic E-state index is -3.94. The minimum absolute atomic E-state index is 0. The Morgan fingerprint density at radius 1 is 1.35 bits per heavy atom. The van der Waals surface area contributed by atoms with Gasteiger partial charge in [-0.05, 0) is 18.6 Å². The molecule has 0 spiro atoms. The third-order valence-electron chi connectivity index (χ3n) is 1.70. The van der Waals surface area contributed by atoms with E-state index in [-0.39, 0.29) is 49.8 Å². The summed E-state index contributed by atoms with van der Waals surface area (Å²) in [6, 6.07) is 4.74. The van der Waals surface area contributed by atoms with Gasteiger partial charge in [-0.2, -0.15) is 8.42 Å². The molecule has 0 unspecified atom stereocenters. The molecule has 4 nitrogen and oxygen atoms in total. The van der Waals surface area contributed by atoms with Crippen LogP contribution in [0.5, 0.6) is 5.75 Å². The molecular formula is C9H11Cl2NaO4S. The van der Waals surface area contributed by atoms with Crippen LogP contribution in [0.2, 0.25) is 10.0 Å². The van der Waals surface area contributed by atoms with Crippen molar-refractivity contribution in [3.05, 3.63) is 28.2 Å². The smallest absolute Gasteiger partial charge is 1.00 e. The van der Waals surface area contributed by atoms with Gasteiger partial charge in [0.15, 0.2) is 0 Å². The zero-order valence-corrected chi connectivity index (χ0v) is 13.5. The Morgan fingerprint density at radius 2 is 2.00 bits per heavy atom. The largest absolute Gasteiger partial charge is 1.00 e. The number of rotatable bonds is 5. The fraction of sp³-hybridized carbons (Fsp3) is 0.333. The van der Waals surface area contributed by atoms with Gasteiger partial charge < -0.3 is 6.16 Å². The Kier molecular flexibility index (Phi) is 8.07. The Bertz CT molecular complexity index is 470. The van der Waals surface area contributed by atoms with Crippen molar-refractivity contribution in [1.82, 2.24) is 0 Å². The molecule has 0 aliphatic heterocycles. The standard InChI is InChI=1S/C9H10Cl2O4S.Na.H/c10-7-2-3-8(11)9(6-7)15-4-1-5-16(12,13)14;;/h2-3,6H,1,4-5H2,(H,12,13,14);;/q;+1;-1. The molecule has 1 rings (SSSR count). The number of halogens is 2. The average molecular weight is 309 g/mol. The third-order valence-corrected chi connectivity index (χ3v) is 3.05. The van der Waals surface area contributed by atoms with Gasteiger partial charge in [0.1, 0.15) is 5.75 Å². The van der Waals surface area contributed by atoms with Gasteiger partial charge in [0.2, 0.25) is 0 Å². The van der Waals surface area contributed by atoms with Crippen molar-refractivity contribution in [2.75, 3.05) is 12.4 Å². The molecule has 92 valence electrons. The molecule has 1 N–H and O–H groups in total. The van der Waals surface area contributed by atoms with E-state index in [1.54, 1.807) is 12.1 Å². The van der Waals surface area contributed by atoms with Crippen molar-refractivity contribution >= 4 is 33.3 Å². The monoisotopic (exact) mass is 308 g/mol. The number of hydrogen-bond acceptors (Lipinski definition) is 3. The second-order valence-corrected chi connectivity index (χ2v) is 5.48. The average Bonchev–Trinajstić information content (AvgIpc) is 2.16. The number of ether oxygens (including phenoxy) is 1. The zero-order chi connectivity index (χ0) is 12.2. The van der Waals surface area contributed by atoms with E-state index in [2.05, 4.69) is 0 Å². The van der Waals surface area contributed by atoms with Crippen LogP contribution in [0.1, 0.15) is 7.85 Å². The van der Waals surface area contributed by atoms with Crippen molar-refractivity contribution in [3.8, 4) is 5.75 Å². The first kappa shape index (κ1) is 17.5. The molecule has 1 aromatic carbocycles. The second-order valence-electron chi connectivity index (χ2n) is 3.06. The van der Waals surface area contributed by atoms with Gasteiger partial charge in [0, 0.05) is 11.1 Å². The summed E-state index contributed by atoms with van der Waals surface area (Å²) < 4.78 is 34.5. The molecule has 0 saturated heterocycles. The molecule has 0 radical (unpaired) electrons. The van der Waals surface area contributed by atoms with Crippen LogP contribution in [0, 0.1) is 0 Å². The molecule has 0 atom stereocenters. The first-order valence-corrected chi connectivity index (χ1v) is 6.78. The van der Waals surface area contributed by atoms with Crippen LogP contribution in [0.15, 0.2) is 18.2 Å². The third kappa shape index (κ3) is 7.51. The van der Waals surface area contributed by atoms with Gasteiger partial charge in [-0.25, -0.2) is 0 Å². The summed E-state index contributed by atoms with van der Waals surface area (Å²) in [5.41, 5.74) is 0. The van der Waals surface area contributed by atoms with Crippen LogP contribution in [0.4, 0.5) is 0 Å². The first-order chi connectivity index (χ1) is 7.38.